The van der Waals surface area contributed by atoms with Crippen LogP contribution in [0.1, 0.15) is 53.5 Å². The minimum absolute atomic E-state index is 0.247. The van der Waals surface area contributed by atoms with E-state index in [0.717, 1.165) is 22.7 Å². The molecule has 0 amide bonds. The standard InChI is InChI=1S/C16H20Cl2N2S/c1-5-15(12-6-7-13(17)14(18)8-12)20-10(3)16-9(2)19-11(4)21-16/h6-8,10,15,20H,5H2,1-4H3. The van der Waals surface area contributed by atoms with Gasteiger partial charge in [-0.15, -0.1) is 11.3 Å². The zero-order valence-electron chi connectivity index (χ0n) is 12.7. The Kier molecular flexibility index (Phi) is 5.67. The number of hydrogen-bond acceptors (Lipinski definition) is 3. The summed E-state index contributed by atoms with van der Waals surface area (Å²) in [6.07, 6.45) is 0.985. The Hall–Kier alpha value is -0.610. The molecule has 2 aromatic rings. The molecule has 1 aromatic heterocycles. The van der Waals surface area contributed by atoms with Crippen LogP contribution in [0.2, 0.25) is 10.0 Å². The molecule has 0 fully saturated rings. The first-order valence-electron chi connectivity index (χ1n) is 7.07. The van der Waals surface area contributed by atoms with E-state index in [-0.39, 0.29) is 12.1 Å². The van der Waals surface area contributed by atoms with Crippen molar-refractivity contribution in [3.8, 4) is 0 Å². The lowest BCUT2D eigenvalue weighted by Gasteiger charge is -2.22. The van der Waals surface area contributed by atoms with Gasteiger partial charge in [0.25, 0.3) is 0 Å². The van der Waals surface area contributed by atoms with E-state index in [1.807, 2.05) is 25.1 Å². The summed E-state index contributed by atoms with van der Waals surface area (Å²) in [6, 6.07) is 6.35. The van der Waals surface area contributed by atoms with Crippen LogP contribution in [-0.2, 0) is 0 Å². The van der Waals surface area contributed by atoms with E-state index in [4.69, 9.17) is 23.2 Å². The van der Waals surface area contributed by atoms with Gasteiger partial charge in [-0.1, -0.05) is 36.2 Å². The van der Waals surface area contributed by atoms with E-state index in [0.29, 0.717) is 10.0 Å². The third kappa shape index (κ3) is 3.98. The highest BCUT2D eigenvalue weighted by molar-refractivity contribution is 7.11. The largest absolute Gasteiger partial charge is 0.303 e. The summed E-state index contributed by atoms with van der Waals surface area (Å²) >= 11 is 13.9. The predicted molar refractivity (Wildman–Crippen MR) is 92.6 cm³/mol. The molecule has 2 rings (SSSR count). The first-order valence-corrected chi connectivity index (χ1v) is 8.64. The zero-order chi connectivity index (χ0) is 15.6. The summed E-state index contributed by atoms with van der Waals surface area (Å²) in [4.78, 5) is 5.80. The smallest absolute Gasteiger partial charge is 0.0900 e. The van der Waals surface area contributed by atoms with E-state index in [2.05, 4.69) is 31.1 Å². The summed E-state index contributed by atoms with van der Waals surface area (Å²) in [5.41, 5.74) is 2.28. The van der Waals surface area contributed by atoms with Gasteiger partial charge in [-0.3, -0.25) is 0 Å². The molecule has 0 bridgehead atoms. The Labute approximate surface area is 140 Å². The molecule has 114 valence electrons. The highest BCUT2D eigenvalue weighted by Gasteiger charge is 2.18. The van der Waals surface area contributed by atoms with Gasteiger partial charge >= 0.3 is 0 Å². The van der Waals surface area contributed by atoms with Crippen molar-refractivity contribution in [1.29, 1.82) is 0 Å². The van der Waals surface area contributed by atoms with Crippen molar-refractivity contribution in [1.82, 2.24) is 10.3 Å². The molecule has 2 nitrogen and oxygen atoms in total. The van der Waals surface area contributed by atoms with Crippen LogP contribution in [0.3, 0.4) is 0 Å². The van der Waals surface area contributed by atoms with E-state index in [1.54, 1.807) is 11.3 Å². The number of rotatable bonds is 5. The van der Waals surface area contributed by atoms with Crippen LogP contribution in [0.25, 0.3) is 0 Å². The first-order chi connectivity index (χ1) is 9.92. The molecular weight excluding hydrogens is 323 g/mol. The Morgan fingerprint density at radius 2 is 1.95 bits per heavy atom. The maximum Gasteiger partial charge on any atom is 0.0900 e. The van der Waals surface area contributed by atoms with Crippen LogP contribution >= 0.6 is 34.5 Å². The van der Waals surface area contributed by atoms with Gasteiger partial charge in [0, 0.05) is 17.0 Å². The molecule has 0 saturated carbocycles. The van der Waals surface area contributed by atoms with Gasteiger partial charge in [0.1, 0.15) is 0 Å². The topological polar surface area (TPSA) is 24.9 Å². The monoisotopic (exact) mass is 342 g/mol. The summed E-state index contributed by atoms with van der Waals surface area (Å²) in [7, 11) is 0. The summed E-state index contributed by atoms with van der Waals surface area (Å²) in [5.74, 6) is 0. The number of thiazole rings is 1. The molecular formula is C16H20Cl2N2S. The van der Waals surface area contributed by atoms with E-state index < -0.39 is 0 Å². The van der Waals surface area contributed by atoms with Crippen LogP contribution in [-0.4, -0.2) is 4.98 Å². The van der Waals surface area contributed by atoms with Crippen molar-refractivity contribution < 1.29 is 0 Å². The molecule has 21 heavy (non-hydrogen) atoms. The quantitative estimate of drug-likeness (QED) is 0.734. The summed E-state index contributed by atoms with van der Waals surface area (Å²) < 4.78 is 0. The van der Waals surface area contributed by atoms with E-state index in [9.17, 15) is 0 Å². The fraction of sp³-hybridized carbons (Fsp3) is 0.438. The zero-order valence-corrected chi connectivity index (χ0v) is 15.0. The summed E-state index contributed by atoms with van der Waals surface area (Å²) in [6.45, 7) is 8.46. The molecule has 0 radical (unpaired) electrons. The van der Waals surface area contributed by atoms with Gasteiger partial charge < -0.3 is 5.32 Å². The Morgan fingerprint density at radius 1 is 1.24 bits per heavy atom. The van der Waals surface area contributed by atoms with Crippen molar-refractivity contribution in [2.24, 2.45) is 0 Å². The van der Waals surface area contributed by atoms with Crippen molar-refractivity contribution in [3.05, 3.63) is 49.4 Å². The Balaban J connectivity index is 2.18. The molecule has 5 heteroatoms. The Bertz CT molecular complexity index is 625. The van der Waals surface area contributed by atoms with Crippen molar-refractivity contribution >= 4 is 34.5 Å². The van der Waals surface area contributed by atoms with Gasteiger partial charge in [0.15, 0.2) is 0 Å². The number of benzene rings is 1. The normalized spacial score (nSPS) is 14.2. The molecule has 1 N–H and O–H groups in total. The van der Waals surface area contributed by atoms with E-state index in [1.165, 1.54) is 4.88 Å². The number of halogens is 2. The lowest BCUT2D eigenvalue weighted by Crippen LogP contribution is -2.24. The van der Waals surface area contributed by atoms with E-state index >= 15 is 0 Å². The minimum atomic E-state index is 0.247. The average Bonchev–Trinajstić information content (AvgIpc) is 2.78. The van der Waals surface area contributed by atoms with Crippen LogP contribution < -0.4 is 5.32 Å². The van der Waals surface area contributed by atoms with Crippen LogP contribution in [0.4, 0.5) is 0 Å². The minimum Gasteiger partial charge on any atom is -0.303 e. The highest BCUT2D eigenvalue weighted by Crippen LogP contribution is 2.30. The second-order valence-electron chi connectivity index (χ2n) is 5.21. The SMILES string of the molecule is CCC(NC(C)c1sc(C)nc1C)c1ccc(Cl)c(Cl)c1. The third-order valence-corrected chi connectivity index (χ3v) is 5.53. The molecule has 1 aromatic carbocycles. The number of aromatic nitrogens is 1. The number of nitrogens with one attached hydrogen (secondary N) is 1. The Morgan fingerprint density at radius 3 is 2.48 bits per heavy atom. The maximum absolute atomic E-state index is 6.13. The van der Waals surface area contributed by atoms with Gasteiger partial charge in [-0.05, 0) is 44.9 Å². The number of hydrogen-bond donors (Lipinski definition) is 1. The van der Waals surface area contributed by atoms with Crippen molar-refractivity contribution in [3.63, 3.8) is 0 Å². The molecule has 2 atom stereocenters. The fourth-order valence-electron chi connectivity index (χ4n) is 2.51. The van der Waals surface area contributed by atoms with Gasteiger partial charge in [0.2, 0.25) is 0 Å². The second-order valence-corrected chi connectivity index (χ2v) is 7.25. The molecule has 2 unspecified atom stereocenters. The predicted octanol–water partition coefficient (Wildman–Crippen LogP) is 5.87. The molecule has 0 aliphatic heterocycles. The fourth-order valence-corrected chi connectivity index (χ4v) is 3.75. The van der Waals surface area contributed by atoms with Gasteiger partial charge in [-0.2, -0.15) is 0 Å². The molecule has 0 spiro atoms. The average molecular weight is 343 g/mol. The van der Waals surface area contributed by atoms with Gasteiger partial charge in [-0.25, -0.2) is 4.98 Å². The second kappa shape index (κ2) is 7.10. The van der Waals surface area contributed by atoms with Gasteiger partial charge in [0.05, 0.1) is 20.7 Å². The third-order valence-electron chi connectivity index (χ3n) is 3.54. The first kappa shape index (κ1) is 16.8. The van der Waals surface area contributed by atoms with Crippen molar-refractivity contribution in [2.45, 2.75) is 46.2 Å². The molecule has 0 aliphatic carbocycles. The van der Waals surface area contributed by atoms with Crippen molar-refractivity contribution in [2.75, 3.05) is 0 Å². The molecule has 0 aliphatic rings. The number of aryl methyl sites for hydroxylation is 2. The number of nitrogens with zero attached hydrogens (tertiary/aromatic N) is 1. The maximum atomic E-state index is 6.13. The summed E-state index contributed by atoms with van der Waals surface area (Å²) in [5, 5.41) is 5.98. The lowest BCUT2D eigenvalue weighted by atomic mass is 10.0. The van der Waals surface area contributed by atoms with Crippen LogP contribution in [0.5, 0.6) is 0 Å². The van der Waals surface area contributed by atoms with Crippen LogP contribution in [0, 0.1) is 13.8 Å². The highest BCUT2D eigenvalue weighted by atomic mass is 35.5. The molecule has 1 heterocycles. The molecule has 0 saturated heterocycles. The lowest BCUT2D eigenvalue weighted by molar-refractivity contribution is 0.459. The van der Waals surface area contributed by atoms with Crippen LogP contribution in [0.15, 0.2) is 18.2 Å².